The minimum absolute atomic E-state index is 0.00128. The number of nitro benzene ring substituents is 1. The molecule has 2 aliphatic rings. The minimum Gasteiger partial charge on any atom is -0.378 e. The number of fused-ring (bicyclic) bond motifs is 3. The first-order chi connectivity index (χ1) is 25.5. The lowest BCUT2D eigenvalue weighted by molar-refractivity contribution is -0.385. The molecule has 1 fully saturated rings. The molecule has 0 aromatic heterocycles. The molecular formula is C36H46N8O9. The molecule has 0 aliphatic carbocycles. The normalized spacial score (nSPS) is 21.3. The van der Waals surface area contributed by atoms with Gasteiger partial charge < -0.3 is 42.0 Å². The van der Waals surface area contributed by atoms with Gasteiger partial charge in [-0.3, -0.25) is 38.9 Å². The van der Waals surface area contributed by atoms with Gasteiger partial charge in [0.1, 0.15) is 12.1 Å². The highest BCUT2D eigenvalue weighted by molar-refractivity contribution is 5.97. The number of amides is 6. The van der Waals surface area contributed by atoms with Crippen LogP contribution >= 0.6 is 0 Å². The maximum atomic E-state index is 13.7. The molecule has 53 heavy (non-hydrogen) atoms. The largest absolute Gasteiger partial charge is 0.378 e. The molecule has 0 saturated carbocycles. The summed E-state index contributed by atoms with van der Waals surface area (Å²) in [4.78, 5) is 92.0. The van der Waals surface area contributed by atoms with Gasteiger partial charge in [-0.25, -0.2) is 0 Å². The Morgan fingerprint density at radius 1 is 0.943 bits per heavy atom. The summed E-state index contributed by atoms with van der Waals surface area (Å²) in [6, 6.07) is 10.6. The van der Waals surface area contributed by atoms with Crippen molar-refractivity contribution < 1.29 is 38.4 Å². The number of nitrogens with zero attached hydrogens (tertiary/aromatic N) is 2. The Labute approximate surface area is 306 Å². The van der Waals surface area contributed by atoms with E-state index in [4.69, 9.17) is 10.5 Å². The Kier molecular flexibility index (Phi) is 15.4. The highest BCUT2D eigenvalue weighted by Crippen LogP contribution is 2.21. The summed E-state index contributed by atoms with van der Waals surface area (Å²) in [5.41, 5.74) is 6.61. The number of nitrogens with two attached hydrogens (primary N) is 1. The summed E-state index contributed by atoms with van der Waals surface area (Å²) in [5.74, 6) is -3.85. The van der Waals surface area contributed by atoms with E-state index in [0.717, 1.165) is 12.2 Å². The fourth-order valence-corrected chi connectivity index (χ4v) is 6.07. The van der Waals surface area contributed by atoms with Crippen LogP contribution in [0, 0.1) is 16.0 Å². The molecule has 2 aliphatic heterocycles. The number of hydrogen-bond donors (Lipinski definition) is 6. The topological polar surface area (TPSA) is 244 Å². The number of benzene rings is 2. The van der Waals surface area contributed by atoms with E-state index in [9.17, 15) is 38.9 Å². The first-order valence-corrected chi connectivity index (χ1v) is 17.5. The van der Waals surface area contributed by atoms with Gasteiger partial charge >= 0.3 is 0 Å². The Morgan fingerprint density at radius 3 is 2.47 bits per heavy atom. The fraction of sp³-hybridized carbons (Fsp3) is 0.444. The molecule has 0 radical (unpaired) electrons. The first-order valence-electron chi connectivity index (χ1n) is 17.5. The number of ether oxygens (including phenoxy) is 1. The van der Waals surface area contributed by atoms with Gasteiger partial charge in [-0.2, -0.15) is 0 Å². The number of para-hydroxylation sites is 1. The second-order valence-corrected chi connectivity index (χ2v) is 12.7. The van der Waals surface area contributed by atoms with E-state index in [2.05, 4.69) is 26.6 Å². The highest BCUT2D eigenvalue weighted by atomic mass is 16.6. The number of rotatable bonds is 9. The van der Waals surface area contributed by atoms with Crippen LogP contribution in [0.4, 0.5) is 5.69 Å². The van der Waals surface area contributed by atoms with Crippen LogP contribution in [-0.2, 0) is 52.9 Å². The maximum absolute atomic E-state index is 13.7. The highest BCUT2D eigenvalue weighted by Gasteiger charge is 2.32. The number of piperidine rings is 1. The zero-order valence-electron chi connectivity index (χ0n) is 29.3. The zero-order chi connectivity index (χ0) is 38.2. The molecular weight excluding hydrogens is 688 g/mol. The molecule has 6 amide bonds. The van der Waals surface area contributed by atoms with Gasteiger partial charge in [0.25, 0.3) is 5.69 Å². The summed E-state index contributed by atoms with van der Waals surface area (Å²) in [6.07, 6.45) is 2.79. The van der Waals surface area contributed by atoms with Crippen molar-refractivity contribution in [3.63, 3.8) is 0 Å². The number of nitro groups is 1. The SMILES string of the molecule is NCCOCCNC(=O)[C@@H]1CCNC(=O)/C=C/C(=O)N2CCC[C@H](C2)C(=O)N[C@@H](Cc2ccccc2[N+](=O)[O-])C(=O)NCc2ccccc2CC(=O)N1. The average molecular weight is 735 g/mol. The molecule has 4 rings (SSSR count). The van der Waals surface area contributed by atoms with Gasteiger partial charge in [0.15, 0.2) is 0 Å². The molecule has 1 saturated heterocycles. The van der Waals surface area contributed by atoms with E-state index in [1.165, 1.54) is 23.1 Å². The number of nitrogens with one attached hydrogen (secondary N) is 5. The summed E-state index contributed by atoms with van der Waals surface area (Å²) in [6.45, 7) is 1.38. The third-order valence-electron chi connectivity index (χ3n) is 8.84. The van der Waals surface area contributed by atoms with E-state index in [1.54, 1.807) is 30.3 Å². The number of carbonyl (C=O) groups excluding carboxylic acids is 6. The van der Waals surface area contributed by atoms with Crippen LogP contribution in [0.25, 0.3) is 0 Å². The van der Waals surface area contributed by atoms with E-state index >= 15 is 0 Å². The molecule has 0 unspecified atom stereocenters. The molecule has 17 heteroatoms. The molecule has 3 atom stereocenters. The van der Waals surface area contributed by atoms with Gasteiger partial charge in [0.2, 0.25) is 35.4 Å². The van der Waals surface area contributed by atoms with Crippen molar-refractivity contribution in [1.29, 1.82) is 0 Å². The van der Waals surface area contributed by atoms with Crippen molar-refractivity contribution in [2.45, 2.75) is 50.7 Å². The predicted octanol–water partition coefficient (Wildman–Crippen LogP) is -0.628. The minimum atomic E-state index is -1.22. The van der Waals surface area contributed by atoms with Gasteiger partial charge in [0, 0.05) is 69.5 Å². The van der Waals surface area contributed by atoms with Crippen LogP contribution in [0.5, 0.6) is 0 Å². The molecule has 2 heterocycles. The second-order valence-electron chi connectivity index (χ2n) is 12.7. The standard InChI is InChI=1S/C36H46N8O9/c37-14-18-53-19-16-39-35(49)28-13-15-38-31(45)11-12-33(47)43-17-5-9-27(23-43)34(48)42-29(20-25-7-3-4-10-30(25)44(51)52)36(50)40-22-26-8-2-1-6-24(26)21-32(46)41-28/h1-4,6-8,10-12,27-29H,5,9,13-23,37H2,(H,38,45)(H,39,49)(H,40,50)(H,41,46)(H,42,48)/b12-11+/t27-,28+,29+/m1/s1. The summed E-state index contributed by atoms with van der Waals surface area (Å²) in [7, 11) is 0. The van der Waals surface area contributed by atoms with Crippen molar-refractivity contribution in [2.24, 2.45) is 11.7 Å². The van der Waals surface area contributed by atoms with E-state index < -0.39 is 58.4 Å². The van der Waals surface area contributed by atoms with E-state index in [-0.39, 0.29) is 63.3 Å². The Bertz CT molecular complexity index is 1680. The van der Waals surface area contributed by atoms with Crippen molar-refractivity contribution in [1.82, 2.24) is 31.5 Å². The van der Waals surface area contributed by atoms with Crippen LogP contribution in [0.3, 0.4) is 0 Å². The van der Waals surface area contributed by atoms with Crippen molar-refractivity contribution in [3.8, 4) is 0 Å². The maximum Gasteiger partial charge on any atom is 0.272 e. The fourth-order valence-electron chi connectivity index (χ4n) is 6.07. The van der Waals surface area contributed by atoms with E-state index in [1.807, 2.05) is 0 Å². The summed E-state index contributed by atoms with van der Waals surface area (Å²) in [5, 5.41) is 25.4. The molecule has 2 aromatic carbocycles. The van der Waals surface area contributed by atoms with Gasteiger partial charge in [-0.15, -0.1) is 0 Å². The Morgan fingerprint density at radius 2 is 1.70 bits per heavy atom. The third kappa shape index (κ3) is 12.5. The molecule has 284 valence electrons. The first kappa shape index (κ1) is 40.1. The van der Waals surface area contributed by atoms with Crippen molar-refractivity contribution in [2.75, 3.05) is 45.9 Å². The molecule has 2 bridgehead atoms. The average Bonchev–Trinajstić information content (AvgIpc) is 3.15. The smallest absolute Gasteiger partial charge is 0.272 e. The van der Waals surface area contributed by atoms with Gasteiger partial charge in [0.05, 0.1) is 30.5 Å². The van der Waals surface area contributed by atoms with Crippen molar-refractivity contribution in [3.05, 3.63) is 87.5 Å². The lowest BCUT2D eigenvalue weighted by atomic mass is 9.95. The Hall–Kier alpha value is -5.68. The quantitative estimate of drug-likeness (QED) is 0.108. The van der Waals surface area contributed by atoms with Crippen LogP contribution in [0.2, 0.25) is 0 Å². The van der Waals surface area contributed by atoms with Crippen LogP contribution in [-0.4, -0.2) is 103 Å². The monoisotopic (exact) mass is 734 g/mol. The van der Waals surface area contributed by atoms with Gasteiger partial charge in [-0.05, 0) is 30.4 Å². The third-order valence-corrected chi connectivity index (χ3v) is 8.84. The predicted molar refractivity (Wildman–Crippen MR) is 192 cm³/mol. The summed E-state index contributed by atoms with van der Waals surface area (Å²) < 4.78 is 5.30. The molecule has 17 nitrogen and oxygen atoms in total. The lowest BCUT2D eigenvalue weighted by Gasteiger charge is -2.32. The zero-order valence-corrected chi connectivity index (χ0v) is 29.3. The molecule has 0 spiro atoms. The lowest BCUT2D eigenvalue weighted by Crippen LogP contribution is -2.52. The number of carbonyl (C=O) groups is 6. The van der Waals surface area contributed by atoms with Crippen LogP contribution in [0.1, 0.15) is 36.0 Å². The summed E-state index contributed by atoms with van der Waals surface area (Å²) >= 11 is 0. The van der Waals surface area contributed by atoms with E-state index in [0.29, 0.717) is 43.7 Å². The molecule has 7 N–H and O–H groups in total. The molecule has 2 aromatic rings. The van der Waals surface area contributed by atoms with Gasteiger partial charge in [-0.1, -0.05) is 42.5 Å². The van der Waals surface area contributed by atoms with Crippen LogP contribution in [0.15, 0.2) is 60.7 Å². The van der Waals surface area contributed by atoms with Crippen molar-refractivity contribution >= 4 is 41.1 Å². The number of hydrogen-bond acceptors (Lipinski definition) is 10. The second kappa shape index (κ2) is 20.4. The Balaban J connectivity index is 1.59. The van der Waals surface area contributed by atoms with Crippen LogP contribution < -0.4 is 32.3 Å².